The first-order valence-corrected chi connectivity index (χ1v) is 6.37. The molecular weight excluding hydrogens is 253 g/mol. The Morgan fingerprint density at radius 1 is 1.44 bits per heavy atom. The minimum absolute atomic E-state index is 0.00444. The molecule has 0 bridgehead atoms. The van der Waals surface area contributed by atoms with Crippen LogP contribution >= 0.6 is 11.6 Å². The molecule has 1 fully saturated rings. The lowest BCUT2D eigenvalue weighted by atomic mass is 10.0. The maximum Gasteiger partial charge on any atom is 0.141 e. The monoisotopic (exact) mass is 267 g/mol. The van der Waals surface area contributed by atoms with Crippen molar-refractivity contribution in [2.45, 2.75) is 12.5 Å². The van der Waals surface area contributed by atoms with Gasteiger partial charge in [0.15, 0.2) is 0 Å². The van der Waals surface area contributed by atoms with Crippen molar-refractivity contribution in [3.63, 3.8) is 0 Å². The highest BCUT2D eigenvalue weighted by Gasteiger charge is 2.22. The predicted octanol–water partition coefficient (Wildman–Crippen LogP) is 2.34. The average molecular weight is 268 g/mol. The van der Waals surface area contributed by atoms with Crippen LogP contribution in [0.15, 0.2) is 18.2 Å². The summed E-state index contributed by atoms with van der Waals surface area (Å²) in [5.41, 5.74) is 0.907. The minimum atomic E-state index is -0.420. The summed E-state index contributed by atoms with van der Waals surface area (Å²) >= 11 is 5.81. The largest absolute Gasteiger partial charge is 0.314 e. The van der Waals surface area contributed by atoms with Gasteiger partial charge in [-0.3, -0.25) is 4.90 Å². The number of hydrogen-bond acceptors (Lipinski definition) is 3. The molecule has 0 aromatic heterocycles. The van der Waals surface area contributed by atoms with E-state index in [1.165, 1.54) is 6.07 Å². The van der Waals surface area contributed by atoms with E-state index >= 15 is 0 Å². The van der Waals surface area contributed by atoms with E-state index in [0.717, 1.165) is 31.7 Å². The van der Waals surface area contributed by atoms with Crippen LogP contribution in [0, 0.1) is 17.1 Å². The van der Waals surface area contributed by atoms with Gasteiger partial charge >= 0.3 is 0 Å². The van der Waals surface area contributed by atoms with E-state index in [4.69, 9.17) is 16.9 Å². The van der Waals surface area contributed by atoms with Crippen LogP contribution in [-0.4, -0.2) is 31.1 Å². The van der Waals surface area contributed by atoms with E-state index < -0.39 is 5.82 Å². The number of benzene rings is 1. The zero-order valence-electron chi connectivity index (χ0n) is 10.00. The molecular formula is C13H15ClFN3. The first-order valence-electron chi connectivity index (χ1n) is 5.99. The summed E-state index contributed by atoms with van der Waals surface area (Å²) in [4.78, 5) is 2.24. The molecule has 96 valence electrons. The van der Waals surface area contributed by atoms with Gasteiger partial charge < -0.3 is 5.32 Å². The van der Waals surface area contributed by atoms with E-state index in [2.05, 4.69) is 16.3 Å². The highest BCUT2D eigenvalue weighted by atomic mass is 35.5. The normalized spacial score (nSPS) is 18.3. The lowest BCUT2D eigenvalue weighted by molar-refractivity contribution is 0.175. The maximum atomic E-state index is 13.2. The van der Waals surface area contributed by atoms with Crippen LogP contribution in [0.2, 0.25) is 5.02 Å². The standard InChI is InChI=1S/C13H15ClFN3/c14-11-9-10(1-2-12(11)15)13(3-4-16)18-7-5-17-6-8-18/h1-2,9,13,17H,3,5-8H2/t13-/m1/s1. The summed E-state index contributed by atoms with van der Waals surface area (Å²) < 4.78 is 13.2. The molecule has 1 saturated heterocycles. The summed E-state index contributed by atoms with van der Waals surface area (Å²) in [7, 11) is 0. The Labute approximate surface area is 111 Å². The van der Waals surface area contributed by atoms with Crippen molar-refractivity contribution in [2.24, 2.45) is 0 Å². The Kier molecular flexibility index (Phi) is 4.54. The third kappa shape index (κ3) is 2.99. The lowest BCUT2D eigenvalue weighted by Gasteiger charge is -2.34. The maximum absolute atomic E-state index is 13.2. The van der Waals surface area contributed by atoms with Gasteiger partial charge in [0.1, 0.15) is 5.82 Å². The highest BCUT2D eigenvalue weighted by molar-refractivity contribution is 6.30. The number of halogens is 2. The number of nitriles is 1. The number of hydrogen-bond donors (Lipinski definition) is 1. The van der Waals surface area contributed by atoms with Crippen LogP contribution in [0.4, 0.5) is 4.39 Å². The first-order chi connectivity index (χ1) is 8.72. The van der Waals surface area contributed by atoms with Crippen LogP contribution in [-0.2, 0) is 0 Å². The second kappa shape index (κ2) is 6.14. The third-order valence-electron chi connectivity index (χ3n) is 3.21. The Bertz CT molecular complexity index is 452. The fourth-order valence-corrected chi connectivity index (χ4v) is 2.45. The summed E-state index contributed by atoms with van der Waals surface area (Å²) in [6.07, 6.45) is 0.391. The molecule has 0 aliphatic carbocycles. The van der Waals surface area contributed by atoms with Gasteiger partial charge in [0.25, 0.3) is 0 Å². The molecule has 1 aliphatic heterocycles. The van der Waals surface area contributed by atoms with Crippen molar-refractivity contribution in [2.75, 3.05) is 26.2 Å². The quantitative estimate of drug-likeness (QED) is 0.914. The SMILES string of the molecule is N#CC[C@H](c1ccc(F)c(Cl)c1)N1CCNCC1. The van der Waals surface area contributed by atoms with Crippen molar-refractivity contribution in [1.82, 2.24) is 10.2 Å². The fraction of sp³-hybridized carbons (Fsp3) is 0.462. The Morgan fingerprint density at radius 3 is 2.78 bits per heavy atom. The minimum Gasteiger partial charge on any atom is -0.314 e. The molecule has 1 N–H and O–H groups in total. The van der Waals surface area contributed by atoms with Crippen LogP contribution in [0.25, 0.3) is 0 Å². The van der Waals surface area contributed by atoms with Crippen molar-refractivity contribution in [3.8, 4) is 6.07 Å². The summed E-state index contributed by atoms with van der Waals surface area (Å²) in [5.74, 6) is -0.420. The van der Waals surface area contributed by atoms with E-state index in [1.807, 2.05) is 0 Å². The zero-order chi connectivity index (χ0) is 13.0. The van der Waals surface area contributed by atoms with E-state index in [1.54, 1.807) is 12.1 Å². The first kappa shape index (κ1) is 13.3. The fourth-order valence-electron chi connectivity index (χ4n) is 2.26. The molecule has 1 heterocycles. The Morgan fingerprint density at radius 2 is 2.17 bits per heavy atom. The summed E-state index contributed by atoms with van der Waals surface area (Å²) in [5, 5.41) is 12.3. The summed E-state index contributed by atoms with van der Waals surface area (Å²) in [6, 6.07) is 6.90. The molecule has 1 atom stereocenters. The van der Waals surface area contributed by atoms with E-state index in [0.29, 0.717) is 6.42 Å². The molecule has 0 spiro atoms. The topological polar surface area (TPSA) is 39.1 Å². The van der Waals surface area contributed by atoms with Crippen molar-refractivity contribution in [3.05, 3.63) is 34.6 Å². The van der Waals surface area contributed by atoms with Gasteiger partial charge in [-0.1, -0.05) is 17.7 Å². The third-order valence-corrected chi connectivity index (χ3v) is 3.50. The molecule has 0 radical (unpaired) electrons. The predicted molar refractivity (Wildman–Crippen MR) is 68.8 cm³/mol. The molecule has 0 saturated carbocycles. The van der Waals surface area contributed by atoms with Crippen LogP contribution < -0.4 is 5.32 Å². The molecule has 1 aromatic rings. The van der Waals surface area contributed by atoms with Gasteiger partial charge in [-0.15, -0.1) is 0 Å². The highest BCUT2D eigenvalue weighted by Crippen LogP contribution is 2.27. The number of piperazine rings is 1. The molecule has 5 heteroatoms. The second-order valence-electron chi connectivity index (χ2n) is 4.34. The van der Waals surface area contributed by atoms with Gasteiger partial charge in [-0.05, 0) is 17.7 Å². The smallest absolute Gasteiger partial charge is 0.141 e. The Hall–Kier alpha value is -1.15. The molecule has 2 rings (SSSR count). The molecule has 1 aromatic carbocycles. The van der Waals surface area contributed by atoms with Crippen LogP contribution in [0.3, 0.4) is 0 Å². The van der Waals surface area contributed by atoms with Gasteiger partial charge in [0.05, 0.1) is 17.5 Å². The van der Waals surface area contributed by atoms with Crippen LogP contribution in [0.1, 0.15) is 18.0 Å². The summed E-state index contributed by atoms with van der Waals surface area (Å²) in [6.45, 7) is 3.61. The van der Waals surface area contributed by atoms with E-state index in [-0.39, 0.29) is 11.1 Å². The Balaban J connectivity index is 2.22. The molecule has 1 aliphatic rings. The van der Waals surface area contributed by atoms with Crippen molar-refractivity contribution < 1.29 is 4.39 Å². The van der Waals surface area contributed by atoms with Crippen molar-refractivity contribution >= 4 is 11.6 Å². The molecule has 18 heavy (non-hydrogen) atoms. The lowest BCUT2D eigenvalue weighted by Crippen LogP contribution is -2.45. The number of rotatable bonds is 3. The van der Waals surface area contributed by atoms with Gasteiger partial charge in [-0.2, -0.15) is 5.26 Å². The second-order valence-corrected chi connectivity index (χ2v) is 4.74. The molecule has 0 amide bonds. The number of nitrogens with zero attached hydrogens (tertiary/aromatic N) is 2. The van der Waals surface area contributed by atoms with Crippen molar-refractivity contribution in [1.29, 1.82) is 5.26 Å². The van der Waals surface area contributed by atoms with Gasteiger partial charge in [-0.25, -0.2) is 4.39 Å². The number of nitrogens with one attached hydrogen (secondary N) is 1. The van der Waals surface area contributed by atoms with Gasteiger partial charge in [0, 0.05) is 32.2 Å². The zero-order valence-corrected chi connectivity index (χ0v) is 10.8. The molecule has 3 nitrogen and oxygen atoms in total. The average Bonchev–Trinajstić information content (AvgIpc) is 2.40. The van der Waals surface area contributed by atoms with Crippen LogP contribution in [0.5, 0.6) is 0 Å². The van der Waals surface area contributed by atoms with Gasteiger partial charge in [0.2, 0.25) is 0 Å². The van der Waals surface area contributed by atoms with E-state index in [9.17, 15) is 4.39 Å². The molecule has 0 unspecified atom stereocenters.